The molecule has 1 aromatic carbocycles. The summed E-state index contributed by atoms with van der Waals surface area (Å²) >= 11 is 0. The summed E-state index contributed by atoms with van der Waals surface area (Å²) in [5, 5.41) is 7.39. The quantitative estimate of drug-likeness (QED) is 0.730. The summed E-state index contributed by atoms with van der Waals surface area (Å²) in [6.45, 7) is 3.97. The van der Waals surface area contributed by atoms with Gasteiger partial charge in [-0.15, -0.1) is 0 Å². The van der Waals surface area contributed by atoms with Crippen LogP contribution in [0.3, 0.4) is 0 Å². The van der Waals surface area contributed by atoms with Crippen LogP contribution in [0.5, 0.6) is 11.5 Å². The molecule has 2 aromatic heterocycles. The molecule has 0 saturated carbocycles. The van der Waals surface area contributed by atoms with Crippen LogP contribution in [0.15, 0.2) is 36.7 Å². The fraction of sp³-hybridized carbons (Fsp3) is 0.350. The Morgan fingerprint density at radius 2 is 2.00 bits per heavy atom. The Hall–Kier alpha value is -3.13. The van der Waals surface area contributed by atoms with Gasteiger partial charge in [-0.25, -0.2) is 9.50 Å². The maximum Gasteiger partial charge on any atom is 0.256 e. The highest BCUT2D eigenvalue weighted by atomic mass is 16.7. The molecule has 144 valence electrons. The van der Waals surface area contributed by atoms with Gasteiger partial charge < -0.3 is 19.7 Å². The number of aromatic nitrogens is 3. The van der Waals surface area contributed by atoms with E-state index >= 15 is 0 Å². The van der Waals surface area contributed by atoms with Crippen molar-refractivity contribution in [3.05, 3.63) is 42.2 Å². The van der Waals surface area contributed by atoms with Gasteiger partial charge in [-0.05, 0) is 50.2 Å². The summed E-state index contributed by atoms with van der Waals surface area (Å²) in [6, 6.07) is 7.60. The second-order valence-corrected chi connectivity index (χ2v) is 7.00. The van der Waals surface area contributed by atoms with Gasteiger partial charge in [0.2, 0.25) is 6.79 Å². The molecule has 0 unspecified atom stereocenters. The van der Waals surface area contributed by atoms with E-state index in [1.54, 1.807) is 16.9 Å². The van der Waals surface area contributed by atoms with Crippen molar-refractivity contribution in [3.63, 3.8) is 0 Å². The average molecular weight is 379 g/mol. The Balaban J connectivity index is 1.38. The van der Waals surface area contributed by atoms with Crippen LogP contribution in [-0.4, -0.2) is 58.4 Å². The van der Waals surface area contributed by atoms with Gasteiger partial charge in [-0.3, -0.25) is 4.79 Å². The van der Waals surface area contributed by atoms with Crippen LogP contribution in [0.1, 0.15) is 23.2 Å². The number of benzene rings is 1. The Morgan fingerprint density at radius 3 is 2.89 bits per heavy atom. The normalized spacial score (nSPS) is 16.0. The molecule has 1 amide bonds. The maximum absolute atomic E-state index is 12.6. The molecule has 1 N–H and O–H groups in total. The standard InChI is InChI=1S/C20H21N5O3/c26-20(22-7-10-24-8-1-2-9-24)15-12-23-25-16(5-6-21-19(15)25)14-3-4-17-18(11-14)28-13-27-17/h3-6,11-12H,1-2,7-10,13H2,(H,22,26). The monoisotopic (exact) mass is 379 g/mol. The Labute approximate surface area is 162 Å². The van der Waals surface area contributed by atoms with Crippen molar-refractivity contribution in [1.82, 2.24) is 24.8 Å². The molecular weight excluding hydrogens is 358 g/mol. The van der Waals surface area contributed by atoms with Gasteiger partial charge in [0.15, 0.2) is 17.1 Å². The molecule has 2 aliphatic rings. The number of nitrogens with zero attached hydrogens (tertiary/aromatic N) is 4. The van der Waals surface area contributed by atoms with E-state index in [-0.39, 0.29) is 12.7 Å². The number of carbonyl (C=O) groups excluding carboxylic acids is 1. The molecular formula is C20H21N5O3. The van der Waals surface area contributed by atoms with E-state index in [0.29, 0.717) is 23.5 Å². The van der Waals surface area contributed by atoms with Crippen LogP contribution < -0.4 is 14.8 Å². The van der Waals surface area contributed by atoms with Gasteiger partial charge in [0.1, 0.15) is 5.56 Å². The van der Waals surface area contributed by atoms with Gasteiger partial charge in [-0.2, -0.15) is 5.10 Å². The lowest BCUT2D eigenvalue weighted by atomic mass is 10.1. The number of rotatable bonds is 5. The second-order valence-electron chi connectivity index (χ2n) is 7.00. The zero-order chi connectivity index (χ0) is 18.9. The Bertz CT molecular complexity index is 1030. The van der Waals surface area contributed by atoms with Crippen LogP contribution in [0.2, 0.25) is 0 Å². The van der Waals surface area contributed by atoms with Gasteiger partial charge in [0.05, 0.1) is 11.9 Å². The molecule has 28 heavy (non-hydrogen) atoms. The number of fused-ring (bicyclic) bond motifs is 2. The van der Waals surface area contributed by atoms with Crippen molar-refractivity contribution in [2.75, 3.05) is 33.0 Å². The molecule has 4 heterocycles. The van der Waals surface area contributed by atoms with Crippen molar-refractivity contribution >= 4 is 11.6 Å². The van der Waals surface area contributed by atoms with Gasteiger partial charge in [0, 0.05) is 24.8 Å². The molecule has 0 radical (unpaired) electrons. The molecule has 0 atom stereocenters. The molecule has 0 spiro atoms. The maximum atomic E-state index is 12.6. The van der Waals surface area contributed by atoms with Crippen molar-refractivity contribution in [1.29, 1.82) is 0 Å². The van der Waals surface area contributed by atoms with Crippen molar-refractivity contribution in [2.24, 2.45) is 0 Å². The molecule has 3 aromatic rings. The molecule has 5 rings (SSSR count). The van der Waals surface area contributed by atoms with Gasteiger partial charge in [-0.1, -0.05) is 0 Å². The minimum absolute atomic E-state index is 0.149. The predicted octanol–water partition coefficient (Wildman–Crippen LogP) is 1.95. The fourth-order valence-corrected chi connectivity index (χ4v) is 3.76. The zero-order valence-corrected chi connectivity index (χ0v) is 15.4. The molecule has 1 saturated heterocycles. The number of amides is 1. The topological polar surface area (TPSA) is 81.0 Å². The first-order valence-electron chi connectivity index (χ1n) is 9.53. The van der Waals surface area contributed by atoms with E-state index in [4.69, 9.17) is 9.47 Å². The number of likely N-dealkylation sites (tertiary alicyclic amines) is 1. The molecule has 2 aliphatic heterocycles. The Kier molecular flexibility index (Phi) is 4.32. The minimum Gasteiger partial charge on any atom is -0.454 e. The lowest BCUT2D eigenvalue weighted by Gasteiger charge is -2.14. The number of hydrogen-bond acceptors (Lipinski definition) is 6. The largest absolute Gasteiger partial charge is 0.454 e. The third-order valence-corrected chi connectivity index (χ3v) is 5.23. The van der Waals surface area contributed by atoms with E-state index < -0.39 is 0 Å². The first-order chi connectivity index (χ1) is 13.8. The third-order valence-electron chi connectivity index (χ3n) is 5.23. The highest BCUT2D eigenvalue weighted by Crippen LogP contribution is 2.35. The van der Waals surface area contributed by atoms with Crippen molar-refractivity contribution in [3.8, 4) is 22.8 Å². The van der Waals surface area contributed by atoms with Crippen molar-refractivity contribution < 1.29 is 14.3 Å². The number of hydrogen-bond donors (Lipinski definition) is 1. The van der Waals surface area contributed by atoms with E-state index in [0.717, 1.165) is 36.6 Å². The lowest BCUT2D eigenvalue weighted by Crippen LogP contribution is -2.33. The summed E-state index contributed by atoms with van der Waals surface area (Å²) in [5.41, 5.74) is 2.76. The van der Waals surface area contributed by atoms with Crippen LogP contribution in [0.25, 0.3) is 16.9 Å². The van der Waals surface area contributed by atoms with E-state index in [9.17, 15) is 4.79 Å². The second kappa shape index (κ2) is 7.12. The molecule has 8 nitrogen and oxygen atoms in total. The molecule has 1 fully saturated rings. The first kappa shape index (κ1) is 17.0. The summed E-state index contributed by atoms with van der Waals surface area (Å²) < 4.78 is 12.5. The summed E-state index contributed by atoms with van der Waals surface area (Å²) in [5.74, 6) is 1.28. The number of carbonyl (C=O) groups is 1. The third kappa shape index (κ3) is 3.05. The predicted molar refractivity (Wildman–Crippen MR) is 103 cm³/mol. The molecule has 0 aliphatic carbocycles. The SMILES string of the molecule is O=C(NCCN1CCCC1)c1cnn2c(-c3ccc4c(c3)OCO4)ccnc12. The van der Waals surface area contributed by atoms with Crippen LogP contribution in [0.4, 0.5) is 0 Å². The van der Waals surface area contributed by atoms with E-state index in [1.165, 1.54) is 12.8 Å². The fourth-order valence-electron chi connectivity index (χ4n) is 3.76. The number of nitrogens with one attached hydrogen (secondary N) is 1. The van der Waals surface area contributed by atoms with Gasteiger partial charge in [0.25, 0.3) is 5.91 Å². The van der Waals surface area contributed by atoms with Crippen LogP contribution in [-0.2, 0) is 0 Å². The summed E-state index contributed by atoms with van der Waals surface area (Å²) in [4.78, 5) is 19.4. The zero-order valence-electron chi connectivity index (χ0n) is 15.4. The van der Waals surface area contributed by atoms with Crippen LogP contribution in [0, 0.1) is 0 Å². The Morgan fingerprint density at radius 1 is 1.14 bits per heavy atom. The minimum atomic E-state index is -0.149. The molecule has 0 bridgehead atoms. The summed E-state index contributed by atoms with van der Waals surface area (Å²) in [7, 11) is 0. The highest BCUT2D eigenvalue weighted by molar-refractivity contribution is 5.99. The van der Waals surface area contributed by atoms with E-state index in [2.05, 4.69) is 20.3 Å². The smallest absolute Gasteiger partial charge is 0.256 e. The van der Waals surface area contributed by atoms with Gasteiger partial charge >= 0.3 is 0 Å². The van der Waals surface area contributed by atoms with Crippen LogP contribution >= 0.6 is 0 Å². The first-order valence-corrected chi connectivity index (χ1v) is 9.53. The number of ether oxygens (including phenoxy) is 2. The summed E-state index contributed by atoms with van der Waals surface area (Å²) in [6.07, 6.45) is 5.76. The lowest BCUT2D eigenvalue weighted by molar-refractivity contribution is 0.0951. The van der Waals surface area contributed by atoms with Crippen molar-refractivity contribution in [2.45, 2.75) is 12.8 Å². The van der Waals surface area contributed by atoms with E-state index in [1.807, 2.05) is 24.3 Å². The molecule has 8 heteroatoms. The highest BCUT2D eigenvalue weighted by Gasteiger charge is 2.19. The average Bonchev–Trinajstić information content (AvgIpc) is 3.46.